The summed E-state index contributed by atoms with van der Waals surface area (Å²) in [7, 11) is 0. The average molecular weight is 352 g/mol. The highest BCUT2D eigenvalue weighted by atomic mass is 16.5. The van der Waals surface area contributed by atoms with Crippen LogP contribution in [0, 0.1) is 13.8 Å². The summed E-state index contributed by atoms with van der Waals surface area (Å²) in [5.74, 6) is -0.282. The SMILES string of the molecule is CCOC(=O)c1cccc(-n2c(C)cc(C=NC3CCCCC3)c2C)c1. The number of hydrogen-bond donors (Lipinski definition) is 0. The van der Waals surface area contributed by atoms with Crippen molar-refractivity contribution < 1.29 is 9.53 Å². The first-order chi connectivity index (χ1) is 12.6. The molecule has 1 aromatic carbocycles. The van der Waals surface area contributed by atoms with Crippen molar-refractivity contribution in [2.45, 2.75) is 58.9 Å². The number of ether oxygens (including phenoxy) is 1. The van der Waals surface area contributed by atoms with Gasteiger partial charge >= 0.3 is 5.97 Å². The highest BCUT2D eigenvalue weighted by Gasteiger charge is 2.14. The van der Waals surface area contributed by atoms with Gasteiger partial charge in [0.25, 0.3) is 0 Å². The van der Waals surface area contributed by atoms with Crippen LogP contribution in [0.15, 0.2) is 35.3 Å². The van der Waals surface area contributed by atoms with Crippen molar-refractivity contribution in [3.8, 4) is 5.69 Å². The van der Waals surface area contributed by atoms with Gasteiger partial charge in [-0.2, -0.15) is 0 Å². The Morgan fingerprint density at radius 2 is 2.00 bits per heavy atom. The van der Waals surface area contributed by atoms with Crippen molar-refractivity contribution in [1.29, 1.82) is 0 Å². The molecule has 3 rings (SSSR count). The van der Waals surface area contributed by atoms with Gasteiger partial charge in [0.15, 0.2) is 0 Å². The molecule has 0 spiro atoms. The van der Waals surface area contributed by atoms with E-state index in [1.54, 1.807) is 6.07 Å². The monoisotopic (exact) mass is 352 g/mol. The van der Waals surface area contributed by atoms with Gasteiger partial charge in [0.05, 0.1) is 12.2 Å². The Kier molecular flexibility index (Phi) is 5.92. The Balaban J connectivity index is 1.87. The summed E-state index contributed by atoms with van der Waals surface area (Å²) >= 11 is 0. The lowest BCUT2D eigenvalue weighted by molar-refractivity contribution is 0.0526. The second-order valence-electron chi connectivity index (χ2n) is 7.00. The molecule has 4 nitrogen and oxygen atoms in total. The van der Waals surface area contributed by atoms with Gasteiger partial charge < -0.3 is 9.30 Å². The van der Waals surface area contributed by atoms with E-state index in [9.17, 15) is 4.79 Å². The van der Waals surface area contributed by atoms with E-state index in [2.05, 4.69) is 24.5 Å². The Hall–Kier alpha value is -2.36. The van der Waals surface area contributed by atoms with Gasteiger partial charge in [-0.1, -0.05) is 25.3 Å². The van der Waals surface area contributed by atoms with Gasteiger partial charge in [-0.15, -0.1) is 0 Å². The van der Waals surface area contributed by atoms with Crippen molar-refractivity contribution in [2.75, 3.05) is 6.61 Å². The molecule has 2 aromatic rings. The summed E-state index contributed by atoms with van der Waals surface area (Å²) < 4.78 is 7.29. The summed E-state index contributed by atoms with van der Waals surface area (Å²) in [5.41, 5.74) is 4.98. The molecule has 0 saturated heterocycles. The zero-order valence-electron chi connectivity index (χ0n) is 16.0. The first-order valence-electron chi connectivity index (χ1n) is 9.60. The summed E-state index contributed by atoms with van der Waals surface area (Å²) in [6.45, 7) is 6.39. The molecule has 0 radical (unpaired) electrons. The lowest BCUT2D eigenvalue weighted by atomic mass is 9.96. The Morgan fingerprint density at radius 3 is 2.73 bits per heavy atom. The van der Waals surface area contributed by atoms with Crippen LogP contribution in [0.1, 0.15) is 66.3 Å². The minimum Gasteiger partial charge on any atom is -0.462 e. The maximum absolute atomic E-state index is 12.0. The van der Waals surface area contributed by atoms with Crippen molar-refractivity contribution in [2.24, 2.45) is 4.99 Å². The van der Waals surface area contributed by atoms with E-state index in [-0.39, 0.29) is 5.97 Å². The molecule has 0 unspecified atom stereocenters. The Labute approximate surface area is 155 Å². The number of benzene rings is 1. The van der Waals surface area contributed by atoms with Crippen LogP contribution in [0.25, 0.3) is 5.69 Å². The fourth-order valence-corrected chi connectivity index (χ4v) is 3.72. The molecule has 1 heterocycles. The van der Waals surface area contributed by atoms with E-state index in [4.69, 9.17) is 9.73 Å². The molecule has 0 bridgehead atoms. The molecule has 0 aliphatic heterocycles. The topological polar surface area (TPSA) is 43.6 Å². The van der Waals surface area contributed by atoms with E-state index in [1.165, 1.54) is 32.1 Å². The second-order valence-corrected chi connectivity index (χ2v) is 7.00. The van der Waals surface area contributed by atoms with E-state index in [1.807, 2.05) is 31.3 Å². The first kappa shape index (κ1) is 18.4. The largest absolute Gasteiger partial charge is 0.462 e. The predicted octanol–water partition coefficient (Wildman–Crippen LogP) is 5.02. The fraction of sp³-hybridized carbons (Fsp3) is 0.455. The number of nitrogens with zero attached hydrogens (tertiary/aromatic N) is 2. The van der Waals surface area contributed by atoms with Gasteiger partial charge in [-0.25, -0.2) is 4.79 Å². The van der Waals surface area contributed by atoms with Crippen LogP contribution in [0.4, 0.5) is 0 Å². The van der Waals surface area contributed by atoms with Crippen LogP contribution in [-0.2, 0) is 4.74 Å². The number of esters is 1. The molecule has 1 fully saturated rings. The van der Waals surface area contributed by atoms with E-state index < -0.39 is 0 Å². The highest BCUT2D eigenvalue weighted by molar-refractivity contribution is 5.90. The van der Waals surface area contributed by atoms with Crippen molar-refractivity contribution in [3.05, 3.63) is 52.8 Å². The predicted molar refractivity (Wildman–Crippen MR) is 106 cm³/mol. The Morgan fingerprint density at radius 1 is 1.23 bits per heavy atom. The van der Waals surface area contributed by atoms with Crippen LogP contribution in [-0.4, -0.2) is 29.4 Å². The zero-order chi connectivity index (χ0) is 18.5. The van der Waals surface area contributed by atoms with E-state index in [0.29, 0.717) is 18.2 Å². The summed E-state index contributed by atoms with van der Waals surface area (Å²) in [6.07, 6.45) is 8.37. The third-order valence-electron chi connectivity index (χ3n) is 5.08. The first-order valence-corrected chi connectivity index (χ1v) is 9.60. The average Bonchev–Trinajstić information content (AvgIpc) is 2.94. The second kappa shape index (κ2) is 8.35. The third-order valence-corrected chi connectivity index (χ3v) is 5.08. The number of aliphatic imine (C=N–C) groups is 1. The standard InChI is InChI=1S/C22H28N2O2/c1-4-26-22(25)18-9-8-12-21(14-18)24-16(2)13-19(17(24)3)15-23-20-10-6-5-7-11-20/h8-9,12-15,20H,4-7,10-11H2,1-3H3. The highest BCUT2D eigenvalue weighted by Crippen LogP contribution is 2.23. The molecule has 0 amide bonds. The van der Waals surface area contributed by atoms with Crippen molar-refractivity contribution in [1.82, 2.24) is 4.57 Å². The number of carbonyl (C=O) groups is 1. The molecule has 1 aliphatic rings. The molecule has 0 atom stereocenters. The summed E-state index contributed by atoms with van der Waals surface area (Å²) in [5, 5.41) is 0. The molecule has 26 heavy (non-hydrogen) atoms. The number of aromatic nitrogens is 1. The quantitative estimate of drug-likeness (QED) is 0.560. The summed E-state index contributed by atoms with van der Waals surface area (Å²) in [4.78, 5) is 16.8. The maximum atomic E-state index is 12.0. The lowest BCUT2D eigenvalue weighted by Crippen LogP contribution is -2.09. The molecule has 138 valence electrons. The summed E-state index contributed by atoms with van der Waals surface area (Å²) in [6, 6.07) is 10.2. The van der Waals surface area contributed by atoms with Gasteiger partial charge in [-0.05, 0) is 57.9 Å². The zero-order valence-corrected chi connectivity index (χ0v) is 16.0. The maximum Gasteiger partial charge on any atom is 0.338 e. The van der Waals surface area contributed by atoms with Crippen LogP contribution in [0.5, 0.6) is 0 Å². The Bertz CT molecular complexity index is 798. The van der Waals surface area contributed by atoms with Crippen LogP contribution < -0.4 is 0 Å². The molecule has 0 N–H and O–H groups in total. The molecular formula is C22H28N2O2. The van der Waals surface area contributed by atoms with Crippen LogP contribution in [0.2, 0.25) is 0 Å². The van der Waals surface area contributed by atoms with E-state index >= 15 is 0 Å². The van der Waals surface area contributed by atoms with Gasteiger partial charge in [0, 0.05) is 34.9 Å². The smallest absolute Gasteiger partial charge is 0.338 e. The molecule has 1 aliphatic carbocycles. The van der Waals surface area contributed by atoms with Crippen molar-refractivity contribution >= 4 is 12.2 Å². The molecule has 1 aromatic heterocycles. The van der Waals surface area contributed by atoms with Gasteiger partial charge in [-0.3, -0.25) is 4.99 Å². The lowest BCUT2D eigenvalue weighted by Gasteiger charge is -2.17. The van der Waals surface area contributed by atoms with Crippen LogP contribution in [0.3, 0.4) is 0 Å². The number of hydrogen-bond acceptors (Lipinski definition) is 3. The molecule has 1 saturated carbocycles. The molecular weight excluding hydrogens is 324 g/mol. The minimum absolute atomic E-state index is 0.282. The van der Waals surface area contributed by atoms with Crippen LogP contribution >= 0.6 is 0 Å². The minimum atomic E-state index is -0.282. The normalized spacial score (nSPS) is 15.5. The number of carbonyl (C=O) groups excluding carboxylic acids is 1. The number of rotatable bonds is 5. The van der Waals surface area contributed by atoms with Gasteiger partial charge in [0.1, 0.15) is 0 Å². The van der Waals surface area contributed by atoms with Crippen molar-refractivity contribution in [3.63, 3.8) is 0 Å². The molecule has 4 heteroatoms. The fourth-order valence-electron chi connectivity index (χ4n) is 3.72. The number of aryl methyl sites for hydroxylation is 1. The van der Waals surface area contributed by atoms with Gasteiger partial charge in [0.2, 0.25) is 0 Å². The van der Waals surface area contributed by atoms with E-state index in [0.717, 1.165) is 22.6 Å². The third kappa shape index (κ3) is 4.06.